The second-order valence-corrected chi connectivity index (χ2v) is 12.9. The third kappa shape index (κ3) is 9.02. The van der Waals surface area contributed by atoms with Gasteiger partial charge in [-0.3, -0.25) is 13.9 Å². The number of anilines is 1. The number of nitrogens with zero attached hydrogens (tertiary/aromatic N) is 2. The van der Waals surface area contributed by atoms with E-state index in [1.165, 1.54) is 49.5 Å². The van der Waals surface area contributed by atoms with Crippen LogP contribution in [0, 0.1) is 5.82 Å². The van der Waals surface area contributed by atoms with Crippen LogP contribution in [0.15, 0.2) is 102 Å². The molecule has 0 aliphatic carbocycles. The van der Waals surface area contributed by atoms with Gasteiger partial charge in [-0.05, 0) is 66.1 Å². The fraction of sp³-hybridized carbons (Fsp3) is 0.257. The first-order valence-corrected chi connectivity index (χ1v) is 16.7. The molecule has 0 fully saturated rings. The number of amides is 2. The zero-order chi connectivity index (χ0) is 34.0. The summed E-state index contributed by atoms with van der Waals surface area (Å²) in [4.78, 5) is 29.4. The summed E-state index contributed by atoms with van der Waals surface area (Å²) in [6.45, 7) is 1.61. The van der Waals surface area contributed by atoms with Crippen molar-refractivity contribution >= 4 is 39.1 Å². The van der Waals surface area contributed by atoms with Crippen molar-refractivity contribution in [2.75, 3.05) is 31.6 Å². The van der Waals surface area contributed by atoms with E-state index >= 15 is 0 Å². The maximum atomic E-state index is 14.5. The second-order valence-electron chi connectivity index (χ2n) is 10.6. The standard InChI is InChI=1S/C35H37ClFN3O6S/c1-4-20-38-35(42)31(21-25-8-6-5-7-9-25)39(23-26-10-12-27(36)13-11-26)34(41)24-40(29-16-14-28(37)15-17-29)47(43,44)30-18-19-32(45-2)33(22-30)46-3/h5-19,22,31H,4,20-21,23-24H2,1-3H3,(H,38,42). The highest BCUT2D eigenvalue weighted by molar-refractivity contribution is 7.92. The number of carbonyl (C=O) groups is 2. The van der Waals surface area contributed by atoms with E-state index in [4.69, 9.17) is 21.1 Å². The minimum Gasteiger partial charge on any atom is -0.493 e. The minimum absolute atomic E-state index is 0.0132. The Balaban J connectivity index is 1.81. The molecular formula is C35H37ClFN3O6S. The quantitative estimate of drug-likeness (QED) is 0.169. The molecule has 0 aliphatic heterocycles. The maximum absolute atomic E-state index is 14.5. The van der Waals surface area contributed by atoms with Crippen molar-refractivity contribution in [3.8, 4) is 11.5 Å². The first-order valence-electron chi connectivity index (χ1n) is 14.9. The summed E-state index contributed by atoms with van der Waals surface area (Å²) in [7, 11) is -1.64. The van der Waals surface area contributed by atoms with Crippen molar-refractivity contribution in [3.63, 3.8) is 0 Å². The monoisotopic (exact) mass is 681 g/mol. The number of methoxy groups -OCH3 is 2. The maximum Gasteiger partial charge on any atom is 0.264 e. The molecule has 1 atom stereocenters. The van der Waals surface area contributed by atoms with Crippen LogP contribution in [0.4, 0.5) is 10.1 Å². The van der Waals surface area contributed by atoms with E-state index in [1.807, 2.05) is 37.3 Å². The molecule has 0 aliphatic rings. The summed E-state index contributed by atoms with van der Waals surface area (Å²) in [5.41, 5.74) is 1.54. The smallest absolute Gasteiger partial charge is 0.264 e. The van der Waals surface area contributed by atoms with E-state index < -0.39 is 34.3 Å². The van der Waals surface area contributed by atoms with Gasteiger partial charge < -0.3 is 19.7 Å². The van der Waals surface area contributed by atoms with Crippen molar-refractivity contribution in [3.05, 3.63) is 119 Å². The van der Waals surface area contributed by atoms with E-state index in [-0.39, 0.29) is 35.2 Å². The van der Waals surface area contributed by atoms with Crippen LogP contribution >= 0.6 is 11.6 Å². The normalized spacial score (nSPS) is 11.8. The fourth-order valence-corrected chi connectivity index (χ4v) is 6.50. The second kappa shape index (κ2) is 16.3. The predicted octanol–water partition coefficient (Wildman–Crippen LogP) is 5.86. The topological polar surface area (TPSA) is 105 Å². The molecule has 4 aromatic carbocycles. The van der Waals surface area contributed by atoms with Gasteiger partial charge in [-0.25, -0.2) is 12.8 Å². The summed E-state index contributed by atoms with van der Waals surface area (Å²) in [6, 6.07) is 23.9. The van der Waals surface area contributed by atoms with Crippen molar-refractivity contribution in [2.24, 2.45) is 0 Å². The molecule has 1 unspecified atom stereocenters. The van der Waals surface area contributed by atoms with Crippen molar-refractivity contribution in [1.29, 1.82) is 0 Å². The number of halogens is 2. The van der Waals surface area contributed by atoms with Gasteiger partial charge in [0.15, 0.2) is 11.5 Å². The minimum atomic E-state index is -4.44. The van der Waals surface area contributed by atoms with E-state index in [0.29, 0.717) is 29.3 Å². The molecule has 4 aromatic rings. The Bertz CT molecular complexity index is 1760. The molecule has 47 heavy (non-hydrogen) atoms. The lowest BCUT2D eigenvalue weighted by molar-refractivity contribution is -0.140. The third-order valence-electron chi connectivity index (χ3n) is 7.42. The molecule has 9 nitrogen and oxygen atoms in total. The predicted molar refractivity (Wildman–Crippen MR) is 180 cm³/mol. The number of rotatable bonds is 15. The molecule has 0 saturated heterocycles. The van der Waals surface area contributed by atoms with Crippen LogP contribution in [-0.4, -0.2) is 58.5 Å². The number of benzene rings is 4. The average molecular weight is 682 g/mol. The lowest BCUT2D eigenvalue weighted by Crippen LogP contribution is -2.53. The number of sulfonamides is 1. The number of carbonyl (C=O) groups excluding carboxylic acids is 2. The summed E-state index contributed by atoms with van der Waals surface area (Å²) >= 11 is 6.12. The molecule has 248 valence electrons. The van der Waals surface area contributed by atoms with Crippen LogP contribution in [0.1, 0.15) is 24.5 Å². The molecule has 0 spiro atoms. The molecule has 0 saturated carbocycles. The number of hydrogen-bond donors (Lipinski definition) is 1. The third-order valence-corrected chi connectivity index (χ3v) is 9.44. The zero-order valence-corrected chi connectivity index (χ0v) is 27.9. The van der Waals surface area contributed by atoms with Gasteiger partial charge in [0, 0.05) is 30.6 Å². The van der Waals surface area contributed by atoms with Gasteiger partial charge in [-0.1, -0.05) is 61.0 Å². The van der Waals surface area contributed by atoms with Crippen molar-refractivity contribution in [2.45, 2.75) is 37.2 Å². The van der Waals surface area contributed by atoms with E-state index in [2.05, 4.69) is 5.32 Å². The summed E-state index contributed by atoms with van der Waals surface area (Å²) < 4.78 is 54.0. The molecule has 0 bridgehead atoms. The van der Waals surface area contributed by atoms with Crippen LogP contribution in [0.3, 0.4) is 0 Å². The Morgan fingerprint density at radius 1 is 0.872 bits per heavy atom. The first-order chi connectivity index (χ1) is 22.6. The van der Waals surface area contributed by atoms with Crippen LogP contribution < -0.4 is 19.1 Å². The van der Waals surface area contributed by atoms with Gasteiger partial charge in [-0.2, -0.15) is 0 Å². The molecule has 4 rings (SSSR count). The van der Waals surface area contributed by atoms with Crippen LogP contribution in [0.25, 0.3) is 0 Å². The van der Waals surface area contributed by atoms with E-state index in [9.17, 15) is 22.4 Å². The first kappa shape index (κ1) is 35.2. The molecule has 2 amide bonds. The molecule has 12 heteroatoms. The Labute approximate surface area is 279 Å². The van der Waals surface area contributed by atoms with E-state index in [1.54, 1.807) is 24.3 Å². The Morgan fingerprint density at radius 3 is 2.15 bits per heavy atom. The lowest BCUT2D eigenvalue weighted by Gasteiger charge is -2.34. The Kier molecular flexibility index (Phi) is 12.2. The lowest BCUT2D eigenvalue weighted by atomic mass is 10.0. The SMILES string of the molecule is CCCNC(=O)C(Cc1ccccc1)N(Cc1ccc(Cl)cc1)C(=O)CN(c1ccc(F)cc1)S(=O)(=O)c1ccc(OC)c(OC)c1. The molecule has 1 N–H and O–H groups in total. The highest BCUT2D eigenvalue weighted by Gasteiger charge is 2.35. The molecule has 0 heterocycles. The fourth-order valence-electron chi connectivity index (χ4n) is 4.95. The van der Waals surface area contributed by atoms with Crippen LogP contribution in [-0.2, 0) is 32.6 Å². The van der Waals surface area contributed by atoms with Crippen molar-refractivity contribution < 1.29 is 31.9 Å². The highest BCUT2D eigenvalue weighted by atomic mass is 35.5. The average Bonchev–Trinajstić information content (AvgIpc) is 3.08. The molecule has 0 radical (unpaired) electrons. The zero-order valence-electron chi connectivity index (χ0n) is 26.4. The van der Waals surface area contributed by atoms with Gasteiger partial charge in [0.1, 0.15) is 18.4 Å². The molecule has 0 aromatic heterocycles. The molecular weight excluding hydrogens is 645 g/mol. The number of ether oxygens (including phenoxy) is 2. The Hall–Kier alpha value is -4.61. The van der Waals surface area contributed by atoms with Gasteiger partial charge in [0.2, 0.25) is 11.8 Å². The highest BCUT2D eigenvalue weighted by Crippen LogP contribution is 2.32. The summed E-state index contributed by atoms with van der Waals surface area (Å²) in [5, 5.41) is 3.40. The van der Waals surface area contributed by atoms with Gasteiger partial charge in [0.25, 0.3) is 10.0 Å². The van der Waals surface area contributed by atoms with Crippen molar-refractivity contribution in [1.82, 2.24) is 10.2 Å². The van der Waals surface area contributed by atoms with Crippen LogP contribution in [0.5, 0.6) is 11.5 Å². The Morgan fingerprint density at radius 2 is 1.53 bits per heavy atom. The van der Waals surface area contributed by atoms with Gasteiger partial charge >= 0.3 is 0 Å². The number of hydrogen-bond acceptors (Lipinski definition) is 6. The van der Waals surface area contributed by atoms with Crippen LogP contribution in [0.2, 0.25) is 5.02 Å². The summed E-state index contributed by atoms with van der Waals surface area (Å²) in [6.07, 6.45) is 0.853. The number of nitrogens with one attached hydrogen (secondary N) is 1. The van der Waals surface area contributed by atoms with Gasteiger partial charge in [0.05, 0.1) is 24.8 Å². The largest absolute Gasteiger partial charge is 0.493 e. The van der Waals surface area contributed by atoms with Gasteiger partial charge in [-0.15, -0.1) is 0 Å². The van der Waals surface area contributed by atoms with E-state index in [0.717, 1.165) is 22.0 Å². The summed E-state index contributed by atoms with van der Waals surface area (Å²) in [5.74, 6) is -1.14.